The molecule has 0 fully saturated rings. The minimum absolute atomic E-state index is 0.0300. The first kappa shape index (κ1) is 29.6. The third-order valence-corrected chi connectivity index (χ3v) is 10.3. The zero-order valence-corrected chi connectivity index (χ0v) is 26.9. The lowest BCUT2D eigenvalue weighted by Gasteiger charge is -2.23. The van der Waals surface area contributed by atoms with E-state index in [4.69, 9.17) is 4.42 Å². The molecule has 0 atom stereocenters. The molecule has 0 bridgehead atoms. The third kappa shape index (κ3) is 6.97. The molecule has 7 heteroatoms. The molecule has 0 unspecified atom stereocenters. The molecule has 3 aromatic carbocycles. The van der Waals surface area contributed by atoms with Gasteiger partial charge in [0, 0.05) is 54.1 Å². The summed E-state index contributed by atoms with van der Waals surface area (Å²) >= 11 is 10.3. The summed E-state index contributed by atoms with van der Waals surface area (Å²) in [6.07, 6.45) is 8.13. The Morgan fingerprint density at radius 3 is 2.51 bits per heavy atom. The number of thioether (sulfide) groups is 2. The van der Waals surface area contributed by atoms with Crippen LogP contribution in [0.15, 0.2) is 138 Å². The number of carbonyl (C=O) groups is 1. The molecule has 3 nitrogen and oxygen atoms in total. The van der Waals surface area contributed by atoms with E-state index in [-0.39, 0.29) is 12.2 Å². The maximum absolute atomic E-state index is 13.7. The van der Waals surface area contributed by atoms with Crippen LogP contribution in [0.5, 0.6) is 0 Å². The van der Waals surface area contributed by atoms with Crippen LogP contribution >= 0.6 is 55.4 Å². The molecule has 5 rings (SSSR count). The number of rotatable bonds is 10. The molecule has 1 heterocycles. The molecule has 206 valence electrons. The van der Waals surface area contributed by atoms with E-state index >= 15 is 0 Å². The Hall–Kier alpha value is -2.84. The van der Waals surface area contributed by atoms with Crippen LogP contribution in [0, 0.1) is 0 Å². The summed E-state index contributed by atoms with van der Waals surface area (Å²) in [7, 11) is 0. The van der Waals surface area contributed by atoms with Crippen LogP contribution in [0.3, 0.4) is 0 Å². The quantitative estimate of drug-likeness (QED) is 0.0712. The van der Waals surface area contributed by atoms with Gasteiger partial charge < -0.3 is 4.42 Å². The Bertz CT molecular complexity index is 1770. The number of ketones is 1. The Kier molecular flexibility index (Phi) is 10.0. The Balaban J connectivity index is 1.63. The normalized spacial score (nSPS) is 13.7. The van der Waals surface area contributed by atoms with Gasteiger partial charge in [-0.15, -0.1) is 11.8 Å². The molecule has 1 aliphatic rings. The van der Waals surface area contributed by atoms with Crippen molar-refractivity contribution in [2.75, 3.05) is 11.1 Å². The van der Waals surface area contributed by atoms with Crippen LogP contribution in [0.2, 0.25) is 0 Å². The monoisotopic (exact) mass is 704 g/mol. The fraction of sp³-hybridized carbons (Fsp3) is 0.118. The van der Waals surface area contributed by atoms with Crippen molar-refractivity contribution in [3.05, 3.63) is 146 Å². The molecular formula is C34H26Br2O3S2. The average molecular weight is 707 g/mol. The first-order chi connectivity index (χ1) is 20.0. The first-order valence-electron chi connectivity index (χ1n) is 13.0. The summed E-state index contributed by atoms with van der Waals surface area (Å²) in [6.45, 7) is 3.73. The van der Waals surface area contributed by atoms with E-state index in [1.807, 2.05) is 85.0 Å². The first-order valence-corrected chi connectivity index (χ1v) is 16.7. The van der Waals surface area contributed by atoms with Crippen molar-refractivity contribution in [2.24, 2.45) is 0 Å². The highest BCUT2D eigenvalue weighted by Gasteiger charge is 2.28. The number of para-hydroxylation sites is 1. The van der Waals surface area contributed by atoms with Gasteiger partial charge in [0.05, 0.1) is 5.56 Å². The third-order valence-electron chi connectivity index (χ3n) is 6.62. The van der Waals surface area contributed by atoms with E-state index in [0.29, 0.717) is 34.2 Å². The summed E-state index contributed by atoms with van der Waals surface area (Å²) in [6, 6.07) is 23.7. The van der Waals surface area contributed by atoms with E-state index in [0.717, 1.165) is 41.3 Å². The second kappa shape index (κ2) is 13.9. The summed E-state index contributed by atoms with van der Waals surface area (Å²) in [5, 5.41) is 1.57. The van der Waals surface area contributed by atoms with Crippen LogP contribution in [0.25, 0.3) is 15.9 Å². The average Bonchev–Trinajstić information content (AvgIpc) is 2.98. The predicted molar refractivity (Wildman–Crippen MR) is 180 cm³/mol. The molecule has 0 radical (unpaired) electrons. The summed E-state index contributed by atoms with van der Waals surface area (Å²) < 4.78 is 6.79. The number of hydrogen-bond acceptors (Lipinski definition) is 5. The number of hydrogen-bond donors (Lipinski definition) is 0. The molecule has 0 spiro atoms. The van der Waals surface area contributed by atoms with Crippen molar-refractivity contribution in [2.45, 2.75) is 22.6 Å². The Morgan fingerprint density at radius 1 is 0.976 bits per heavy atom. The number of benzene rings is 3. The molecule has 41 heavy (non-hydrogen) atoms. The molecule has 0 saturated heterocycles. The second-order valence-electron chi connectivity index (χ2n) is 9.36. The zero-order valence-electron chi connectivity index (χ0n) is 22.1. The number of Topliss-reactive ketones (excluding diaryl/α,β-unsaturated/α-hetero) is 1. The van der Waals surface area contributed by atoms with Gasteiger partial charge in [0.1, 0.15) is 5.58 Å². The van der Waals surface area contributed by atoms with Crippen molar-refractivity contribution in [3.63, 3.8) is 0 Å². The standard InChI is InChI=1S/C34H26Br2O3S2/c1-2-3-4-9-22(20-35)21-40-32-27-12-7-8-13-31(27)39-34(38)29(32)19-28-30(37)18-23-10-5-6-11-26(23)33(28)41-25-16-14-24(36)15-17-25/h2-17H,1,18-21H2/b4-3-,22-9+. The highest BCUT2D eigenvalue weighted by molar-refractivity contribution is 9.10. The van der Waals surface area contributed by atoms with E-state index < -0.39 is 5.63 Å². The van der Waals surface area contributed by atoms with E-state index in [1.54, 1.807) is 29.6 Å². The van der Waals surface area contributed by atoms with Crippen molar-refractivity contribution >= 4 is 77.0 Å². The molecule has 4 aromatic rings. The molecule has 0 saturated carbocycles. The number of fused-ring (bicyclic) bond motifs is 2. The molecule has 0 amide bonds. The lowest BCUT2D eigenvalue weighted by Crippen LogP contribution is -2.20. The van der Waals surface area contributed by atoms with Crippen LogP contribution < -0.4 is 5.63 Å². The van der Waals surface area contributed by atoms with Crippen LogP contribution in [0.4, 0.5) is 0 Å². The minimum atomic E-state index is -0.408. The largest absolute Gasteiger partial charge is 0.422 e. The number of alkyl halides is 1. The fourth-order valence-electron chi connectivity index (χ4n) is 4.60. The predicted octanol–water partition coefficient (Wildman–Crippen LogP) is 9.58. The van der Waals surface area contributed by atoms with Gasteiger partial charge in [-0.3, -0.25) is 4.79 Å². The number of allylic oxidation sites excluding steroid dienone is 5. The molecule has 1 aliphatic carbocycles. The molecule has 1 aromatic heterocycles. The number of halogens is 2. The van der Waals surface area contributed by atoms with Gasteiger partial charge in [0.2, 0.25) is 0 Å². The second-order valence-corrected chi connectivity index (χ2v) is 12.9. The molecular weight excluding hydrogens is 680 g/mol. The van der Waals surface area contributed by atoms with Crippen LogP contribution in [-0.2, 0) is 17.6 Å². The summed E-state index contributed by atoms with van der Waals surface area (Å²) in [5.74, 6) is 0.700. The van der Waals surface area contributed by atoms with Gasteiger partial charge >= 0.3 is 5.63 Å². The highest BCUT2D eigenvalue weighted by atomic mass is 79.9. The maximum atomic E-state index is 13.7. The van der Waals surface area contributed by atoms with Gasteiger partial charge in [0.15, 0.2) is 5.78 Å². The van der Waals surface area contributed by atoms with E-state index in [2.05, 4.69) is 44.5 Å². The fourth-order valence-corrected chi connectivity index (χ4v) is 7.82. The van der Waals surface area contributed by atoms with Gasteiger partial charge in [-0.1, -0.05) is 117 Å². The molecule has 0 aliphatic heterocycles. The topological polar surface area (TPSA) is 47.3 Å². The lowest BCUT2D eigenvalue weighted by molar-refractivity contribution is -0.115. The minimum Gasteiger partial charge on any atom is -0.422 e. The van der Waals surface area contributed by atoms with Gasteiger partial charge in [-0.05, 0) is 47.0 Å². The van der Waals surface area contributed by atoms with Gasteiger partial charge in [0.25, 0.3) is 0 Å². The zero-order chi connectivity index (χ0) is 28.8. The van der Waals surface area contributed by atoms with E-state index in [9.17, 15) is 9.59 Å². The number of carbonyl (C=O) groups excluding carboxylic acids is 1. The summed E-state index contributed by atoms with van der Waals surface area (Å²) in [4.78, 5) is 30.0. The van der Waals surface area contributed by atoms with Gasteiger partial charge in [-0.2, -0.15) is 0 Å². The van der Waals surface area contributed by atoms with E-state index in [1.165, 1.54) is 0 Å². The van der Waals surface area contributed by atoms with Crippen molar-refractivity contribution in [1.82, 2.24) is 0 Å². The SMILES string of the molecule is C=C/C=C\C=C(/CBr)CSc1c(CC2=C(Sc3ccc(Br)cc3)c3ccccc3CC2=O)c(=O)oc2ccccc12. The van der Waals surface area contributed by atoms with Gasteiger partial charge in [-0.25, -0.2) is 4.79 Å². The Morgan fingerprint density at radius 2 is 1.73 bits per heavy atom. The van der Waals surface area contributed by atoms with Crippen molar-refractivity contribution in [1.29, 1.82) is 0 Å². The highest BCUT2D eigenvalue weighted by Crippen LogP contribution is 2.43. The lowest BCUT2D eigenvalue weighted by atomic mass is 9.88. The Labute approximate surface area is 264 Å². The van der Waals surface area contributed by atoms with Crippen LogP contribution in [0.1, 0.15) is 16.7 Å². The summed E-state index contributed by atoms with van der Waals surface area (Å²) in [5.41, 5.74) is 4.48. The molecule has 0 N–H and O–H groups in total. The van der Waals surface area contributed by atoms with Crippen molar-refractivity contribution in [3.8, 4) is 0 Å². The van der Waals surface area contributed by atoms with Crippen molar-refractivity contribution < 1.29 is 9.21 Å². The maximum Gasteiger partial charge on any atom is 0.340 e. The van der Waals surface area contributed by atoms with Crippen LogP contribution in [-0.4, -0.2) is 16.9 Å². The smallest absolute Gasteiger partial charge is 0.340 e.